The lowest BCUT2D eigenvalue weighted by Gasteiger charge is -2.45. The van der Waals surface area contributed by atoms with Crippen LogP contribution in [0.1, 0.15) is 26.7 Å². The summed E-state index contributed by atoms with van der Waals surface area (Å²) in [5.74, 6) is 0.0673. The van der Waals surface area contributed by atoms with Crippen molar-refractivity contribution in [3.63, 3.8) is 0 Å². The van der Waals surface area contributed by atoms with E-state index in [2.05, 4.69) is 24.5 Å². The van der Waals surface area contributed by atoms with Crippen LogP contribution in [0, 0.1) is 5.41 Å². The molecule has 0 spiro atoms. The molecule has 1 fully saturated rings. The van der Waals surface area contributed by atoms with Crippen LogP contribution < -0.4 is 10.6 Å². The van der Waals surface area contributed by atoms with Crippen molar-refractivity contribution in [1.82, 2.24) is 10.6 Å². The van der Waals surface area contributed by atoms with Crippen LogP contribution in [0.25, 0.3) is 0 Å². The second-order valence-corrected chi connectivity index (χ2v) is 4.13. The second kappa shape index (κ2) is 3.44. The van der Waals surface area contributed by atoms with Crippen LogP contribution >= 0.6 is 0 Å². The fraction of sp³-hybridized carbons (Fsp3) is 0.889. The maximum atomic E-state index is 10.9. The van der Waals surface area contributed by atoms with Gasteiger partial charge in [0.15, 0.2) is 0 Å². The van der Waals surface area contributed by atoms with E-state index in [4.69, 9.17) is 0 Å². The molecule has 0 aliphatic heterocycles. The average Bonchev–Trinajstić information content (AvgIpc) is 2.02. The van der Waals surface area contributed by atoms with Gasteiger partial charge in [0, 0.05) is 13.1 Å². The third-order valence-corrected chi connectivity index (χ3v) is 2.81. The Morgan fingerprint density at radius 2 is 2.25 bits per heavy atom. The van der Waals surface area contributed by atoms with Crippen molar-refractivity contribution in [3.05, 3.63) is 0 Å². The lowest BCUT2D eigenvalue weighted by atomic mass is 9.67. The summed E-state index contributed by atoms with van der Waals surface area (Å²) in [5.41, 5.74) is 0.383. The summed E-state index contributed by atoms with van der Waals surface area (Å²) in [6.07, 6.45) is 2.46. The van der Waals surface area contributed by atoms with Gasteiger partial charge in [0.25, 0.3) is 0 Å². The zero-order chi connectivity index (χ0) is 9.19. The fourth-order valence-electron chi connectivity index (χ4n) is 1.55. The Morgan fingerprint density at radius 1 is 1.58 bits per heavy atom. The molecule has 3 nitrogen and oxygen atoms in total. The van der Waals surface area contributed by atoms with Gasteiger partial charge in [-0.15, -0.1) is 0 Å². The van der Waals surface area contributed by atoms with E-state index in [0.29, 0.717) is 18.0 Å². The molecular weight excluding hydrogens is 152 g/mol. The molecule has 1 unspecified atom stereocenters. The molecule has 0 aromatic rings. The topological polar surface area (TPSA) is 41.1 Å². The van der Waals surface area contributed by atoms with Crippen molar-refractivity contribution < 1.29 is 4.79 Å². The van der Waals surface area contributed by atoms with Crippen LogP contribution in [0.5, 0.6) is 0 Å². The van der Waals surface area contributed by atoms with Crippen molar-refractivity contribution in [1.29, 1.82) is 0 Å². The number of amides is 1. The van der Waals surface area contributed by atoms with Crippen LogP contribution in [-0.2, 0) is 4.79 Å². The molecule has 0 bridgehead atoms. The molecular formula is C9H18N2O. The number of carbonyl (C=O) groups is 1. The lowest BCUT2D eigenvalue weighted by Crippen LogP contribution is -2.52. The number of hydrogen-bond donors (Lipinski definition) is 2. The number of likely N-dealkylation sites (N-methyl/N-ethyl adjacent to an activating group) is 1. The van der Waals surface area contributed by atoms with Gasteiger partial charge in [0.05, 0.1) is 6.54 Å². The third kappa shape index (κ3) is 1.97. The first-order chi connectivity index (χ1) is 5.56. The van der Waals surface area contributed by atoms with Gasteiger partial charge in [-0.25, -0.2) is 0 Å². The van der Waals surface area contributed by atoms with Crippen molar-refractivity contribution in [2.75, 3.05) is 13.6 Å². The standard InChI is InChI=1S/C9H18N2O/c1-9(2)5-4-7(9)11-6-8(12)10-3/h7,11H,4-6H2,1-3H3,(H,10,12). The Hall–Kier alpha value is -0.570. The number of rotatable bonds is 3. The highest BCUT2D eigenvalue weighted by molar-refractivity contribution is 5.77. The minimum Gasteiger partial charge on any atom is -0.358 e. The highest BCUT2D eigenvalue weighted by Gasteiger charge is 2.37. The molecule has 2 N–H and O–H groups in total. The van der Waals surface area contributed by atoms with Crippen LogP contribution in [0.3, 0.4) is 0 Å². The average molecular weight is 170 g/mol. The molecule has 70 valence electrons. The molecule has 0 aromatic carbocycles. The predicted octanol–water partition coefficient (Wildman–Crippen LogP) is 0.511. The van der Waals surface area contributed by atoms with E-state index in [-0.39, 0.29) is 5.91 Å². The van der Waals surface area contributed by atoms with E-state index in [9.17, 15) is 4.79 Å². The quantitative estimate of drug-likeness (QED) is 0.648. The van der Waals surface area contributed by atoms with E-state index in [1.165, 1.54) is 12.8 Å². The second-order valence-electron chi connectivity index (χ2n) is 4.13. The molecule has 0 radical (unpaired) electrons. The predicted molar refractivity (Wildman–Crippen MR) is 48.9 cm³/mol. The van der Waals surface area contributed by atoms with Crippen molar-refractivity contribution in [2.24, 2.45) is 5.41 Å². The van der Waals surface area contributed by atoms with E-state index < -0.39 is 0 Å². The molecule has 3 heteroatoms. The molecule has 1 aliphatic carbocycles. The SMILES string of the molecule is CNC(=O)CNC1CCC1(C)C. The minimum atomic E-state index is 0.0673. The molecule has 1 aliphatic rings. The summed E-state index contributed by atoms with van der Waals surface area (Å²) < 4.78 is 0. The lowest BCUT2D eigenvalue weighted by molar-refractivity contribution is -0.120. The summed E-state index contributed by atoms with van der Waals surface area (Å²) in [7, 11) is 1.66. The van der Waals surface area contributed by atoms with Crippen molar-refractivity contribution in [3.8, 4) is 0 Å². The van der Waals surface area contributed by atoms with Crippen molar-refractivity contribution in [2.45, 2.75) is 32.7 Å². The summed E-state index contributed by atoms with van der Waals surface area (Å²) >= 11 is 0. The van der Waals surface area contributed by atoms with Crippen LogP contribution in [0.4, 0.5) is 0 Å². The van der Waals surface area contributed by atoms with Gasteiger partial charge >= 0.3 is 0 Å². The monoisotopic (exact) mass is 170 g/mol. The van der Waals surface area contributed by atoms with E-state index in [1.54, 1.807) is 7.05 Å². The summed E-state index contributed by atoms with van der Waals surface area (Å²) in [5, 5.41) is 5.84. The molecule has 0 saturated heterocycles. The smallest absolute Gasteiger partial charge is 0.233 e. The zero-order valence-electron chi connectivity index (χ0n) is 8.11. The maximum Gasteiger partial charge on any atom is 0.233 e. The molecule has 1 saturated carbocycles. The zero-order valence-corrected chi connectivity index (χ0v) is 8.11. The first-order valence-electron chi connectivity index (χ1n) is 4.50. The summed E-state index contributed by atoms with van der Waals surface area (Å²) in [6, 6.07) is 0.523. The van der Waals surface area contributed by atoms with Crippen molar-refractivity contribution >= 4 is 5.91 Å². The van der Waals surface area contributed by atoms with E-state index in [0.717, 1.165) is 0 Å². The molecule has 1 atom stereocenters. The Balaban J connectivity index is 2.20. The van der Waals surface area contributed by atoms with Gasteiger partial charge < -0.3 is 10.6 Å². The van der Waals surface area contributed by atoms with Gasteiger partial charge in [-0.2, -0.15) is 0 Å². The van der Waals surface area contributed by atoms with Crippen LogP contribution in [0.15, 0.2) is 0 Å². The fourth-order valence-corrected chi connectivity index (χ4v) is 1.55. The molecule has 1 amide bonds. The van der Waals surface area contributed by atoms with Gasteiger partial charge in [-0.3, -0.25) is 4.79 Å². The first kappa shape index (κ1) is 9.52. The molecule has 0 heterocycles. The maximum absolute atomic E-state index is 10.9. The van der Waals surface area contributed by atoms with E-state index >= 15 is 0 Å². The number of nitrogens with one attached hydrogen (secondary N) is 2. The Kier molecular flexibility index (Phi) is 2.73. The minimum absolute atomic E-state index is 0.0673. The largest absolute Gasteiger partial charge is 0.358 e. The Labute approximate surface area is 73.9 Å². The third-order valence-electron chi connectivity index (χ3n) is 2.81. The van der Waals surface area contributed by atoms with Gasteiger partial charge in [-0.1, -0.05) is 13.8 Å². The Morgan fingerprint density at radius 3 is 2.58 bits per heavy atom. The van der Waals surface area contributed by atoms with Gasteiger partial charge in [0.1, 0.15) is 0 Å². The summed E-state index contributed by atoms with van der Waals surface area (Å²) in [6.45, 7) is 4.92. The van der Waals surface area contributed by atoms with Crippen LogP contribution in [-0.4, -0.2) is 25.5 Å². The summed E-state index contributed by atoms with van der Waals surface area (Å²) in [4.78, 5) is 10.9. The van der Waals surface area contributed by atoms with Crippen LogP contribution in [0.2, 0.25) is 0 Å². The normalized spacial score (nSPS) is 26.1. The van der Waals surface area contributed by atoms with E-state index in [1.807, 2.05) is 0 Å². The first-order valence-corrected chi connectivity index (χ1v) is 4.50. The molecule has 0 aromatic heterocycles. The Bertz CT molecular complexity index is 177. The molecule has 1 rings (SSSR count). The highest BCUT2D eigenvalue weighted by Crippen LogP contribution is 2.39. The highest BCUT2D eigenvalue weighted by atomic mass is 16.1. The van der Waals surface area contributed by atoms with Gasteiger partial charge in [-0.05, 0) is 18.3 Å². The number of hydrogen-bond acceptors (Lipinski definition) is 2. The molecule has 12 heavy (non-hydrogen) atoms. The van der Waals surface area contributed by atoms with Gasteiger partial charge in [0.2, 0.25) is 5.91 Å². The number of carbonyl (C=O) groups excluding carboxylic acids is 1.